The van der Waals surface area contributed by atoms with Crippen LogP contribution in [0.1, 0.15) is 17.4 Å². The molecular formula is C14H17N3O4. The van der Waals surface area contributed by atoms with Crippen LogP contribution in [-0.4, -0.2) is 39.3 Å². The van der Waals surface area contributed by atoms with Crippen molar-refractivity contribution in [2.24, 2.45) is 0 Å². The van der Waals surface area contributed by atoms with Crippen molar-refractivity contribution in [2.75, 3.05) is 13.1 Å². The Labute approximate surface area is 121 Å². The molecule has 0 saturated heterocycles. The lowest BCUT2D eigenvalue weighted by Crippen LogP contribution is -2.29. The van der Waals surface area contributed by atoms with E-state index in [9.17, 15) is 4.79 Å². The number of hydrogen-bond donors (Lipinski definition) is 1. The standard InChI is InChI=1S/C14H17N3O4/c1-4-5-17(8-13(18)19)7-12-15-16-14(21-12)11-6-9(2)20-10(11)3/h4,6H,1,5,7-8H2,2-3H3,(H,18,19). The highest BCUT2D eigenvalue weighted by Crippen LogP contribution is 2.25. The number of rotatable bonds is 7. The van der Waals surface area contributed by atoms with Crippen LogP contribution in [0.4, 0.5) is 0 Å². The first-order valence-electron chi connectivity index (χ1n) is 6.44. The van der Waals surface area contributed by atoms with E-state index in [1.165, 1.54) is 0 Å². The first kappa shape index (κ1) is 15.0. The molecule has 2 heterocycles. The number of hydrogen-bond acceptors (Lipinski definition) is 6. The van der Waals surface area contributed by atoms with Crippen LogP contribution < -0.4 is 0 Å². The minimum Gasteiger partial charge on any atom is -0.480 e. The number of aryl methyl sites for hydroxylation is 2. The Morgan fingerprint density at radius 2 is 2.19 bits per heavy atom. The quantitative estimate of drug-likeness (QED) is 0.780. The molecule has 0 aromatic carbocycles. The average molecular weight is 291 g/mol. The van der Waals surface area contributed by atoms with Crippen LogP contribution in [0.5, 0.6) is 0 Å². The van der Waals surface area contributed by atoms with Gasteiger partial charge in [-0.15, -0.1) is 16.8 Å². The van der Waals surface area contributed by atoms with Crippen molar-refractivity contribution in [1.29, 1.82) is 0 Å². The van der Waals surface area contributed by atoms with Crippen LogP contribution in [0, 0.1) is 13.8 Å². The van der Waals surface area contributed by atoms with Gasteiger partial charge in [-0.25, -0.2) is 0 Å². The van der Waals surface area contributed by atoms with E-state index >= 15 is 0 Å². The Kier molecular flexibility index (Phi) is 4.54. The molecule has 0 amide bonds. The van der Waals surface area contributed by atoms with Crippen molar-refractivity contribution in [3.63, 3.8) is 0 Å². The number of carboxylic acid groups (broad SMARTS) is 1. The molecule has 112 valence electrons. The molecule has 0 aliphatic heterocycles. The van der Waals surface area contributed by atoms with Crippen LogP contribution in [0.15, 0.2) is 27.6 Å². The summed E-state index contributed by atoms with van der Waals surface area (Å²) in [6.07, 6.45) is 1.63. The summed E-state index contributed by atoms with van der Waals surface area (Å²) in [5.74, 6) is 1.27. The second kappa shape index (κ2) is 6.36. The fourth-order valence-corrected chi connectivity index (χ4v) is 2.02. The molecule has 0 atom stereocenters. The lowest BCUT2D eigenvalue weighted by Gasteiger charge is -2.15. The monoisotopic (exact) mass is 291 g/mol. The molecule has 7 heteroatoms. The summed E-state index contributed by atoms with van der Waals surface area (Å²) < 4.78 is 11.0. The molecule has 0 saturated carbocycles. The van der Waals surface area contributed by atoms with Gasteiger partial charge in [-0.3, -0.25) is 9.69 Å². The fraction of sp³-hybridized carbons (Fsp3) is 0.357. The SMILES string of the molecule is C=CCN(CC(=O)O)Cc1nnc(-c2cc(C)oc2C)o1. The third-order valence-electron chi connectivity index (χ3n) is 2.84. The average Bonchev–Trinajstić information content (AvgIpc) is 2.95. The number of aliphatic carboxylic acids is 1. The first-order chi connectivity index (χ1) is 9.99. The molecule has 0 fully saturated rings. The Bertz CT molecular complexity index is 644. The first-order valence-corrected chi connectivity index (χ1v) is 6.44. The molecule has 2 aromatic heterocycles. The maximum absolute atomic E-state index is 10.8. The van der Waals surface area contributed by atoms with Crippen LogP contribution >= 0.6 is 0 Å². The van der Waals surface area contributed by atoms with Crippen LogP contribution in [0.3, 0.4) is 0 Å². The van der Waals surface area contributed by atoms with Gasteiger partial charge in [0.15, 0.2) is 0 Å². The molecule has 0 radical (unpaired) electrons. The van der Waals surface area contributed by atoms with E-state index in [0.717, 1.165) is 11.3 Å². The summed E-state index contributed by atoms with van der Waals surface area (Å²) in [6.45, 7) is 7.82. The van der Waals surface area contributed by atoms with Crippen molar-refractivity contribution in [3.05, 3.63) is 36.1 Å². The Hall–Kier alpha value is -2.41. The fourth-order valence-electron chi connectivity index (χ4n) is 2.02. The third-order valence-corrected chi connectivity index (χ3v) is 2.84. The number of furan rings is 1. The van der Waals surface area contributed by atoms with Gasteiger partial charge >= 0.3 is 5.97 Å². The Morgan fingerprint density at radius 1 is 1.43 bits per heavy atom. The summed E-state index contributed by atoms with van der Waals surface area (Å²) in [5, 5.41) is 16.8. The summed E-state index contributed by atoms with van der Waals surface area (Å²) >= 11 is 0. The van der Waals surface area contributed by atoms with E-state index < -0.39 is 5.97 Å². The summed E-state index contributed by atoms with van der Waals surface area (Å²) in [5.41, 5.74) is 0.750. The van der Waals surface area contributed by atoms with E-state index in [1.807, 2.05) is 19.9 Å². The second-order valence-electron chi connectivity index (χ2n) is 4.68. The molecule has 0 spiro atoms. The maximum Gasteiger partial charge on any atom is 0.317 e. The van der Waals surface area contributed by atoms with Crippen LogP contribution in [0.25, 0.3) is 11.5 Å². The van der Waals surface area contributed by atoms with Crippen molar-refractivity contribution >= 4 is 5.97 Å². The van der Waals surface area contributed by atoms with Gasteiger partial charge < -0.3 is 13.9 Å². The van der Waals surface area contributed by atoms with E-state index in [4.69, 9.17) is 13.9 Å². The Balaban J connectivity index is 2.13. The van der Waals surface area contributed by atoms with Gasteiger partial charge in [-0.2, -0.15) is 0 Å². The summed E-state index contributed by atoms with van der Waals surface area (Å²) in [7, 11) is 0. The minimum absolute atomic E-state index is 0.117. The van der Waals surface area contributed by atoms with E-state index in [-0.39, 0.29) is 13.1 Å². The number of aromatic nitrogens is 2. The van der Waals surface area contributed by atoms with Gasteiger partial charge in [-0.1, -0.05) is 6.08 Å². The van der Waals surface area contributed by atoms with Gasteiger partial charge in [-0.05, 0) is 19.9 Å². The highest BCUT2D eigenvalue weighted by Gasteiger charge is 2.17. The van der Waals surface area contributed by atoms with E-state index in [0.29, 0.717) is 24.1 Å². The van der Waals surface area contributed by atoms with Gasteiger partial charge in [0.1, 0.15) is 11.5 Å². The number of nitrogens with zero attached hydrogens (tertiary/aromatic N) is 3. The molecule has 0 bridgehead atoms. The van der Waals surface area contributed by atoms with E-state index in [2.05, 4.69) is 16.8 Å². The zero-order valence-corrected chi connectivity index (χ0v) is 12.0. The molecule has 1 N–H and O–H groups in total. The summed E-state index contributed by atoms with van der Waals surface area (Å²) in [6, 6.07) is 1.82. The molecule has 21 heavy (non-hydrogen) atoms. The largest absolute Gasteiger partial charge is 0.480 e. The smallest absolute Gasteiger partial charge is 0.317 e. The number of carboxylic acids is 1. The Morgan fingerprint density at radius 3 is 2.76 bits per heavy atom. The third kappa shape index (κ3) is 3.79. The maximum atomic E-state index is 10.8. The number of carbonyl (C=O) groups is 1. The zero-order valence-electron chi connectivity index (χ0n) is 12.0. The lowest BCUT2D eigenvalue weighted by molar-refractivity contribution is -0.138. The molecule has 0 aliphatic rings. The zero-order chi connectivity index (χ0) is 15.4. The van der Waals surface area contributed by atoms with Crippen LogP contribution in [0.2, 0.25) is 0 Å². The van der Waals surface area contributed by atoms with Gasteiger partial charge in [0.05, 0.1) is 18.7 Å². The van der Waals surface area contributed by atoms with Crippen LogP contribution in [-0.2, 0) is 11.3 Å². The van der Waals surface area contributed by atoms with Gasteiger partial charge in [0, 0.05) is 6.54 Å². The van der Waals surface area contributed by atoms with Crippen molar-refractivity contribution in [2.45, 2.75) is 20.4 Å². The van der Waals surface area contributed by atoms with Crippen molar-refractivity contribution in [1.82, 2.24) is 15.1 Å². The minimum atomic E-state index is -0.919. The van der Waals surface area contributed by atoms with Gasteiger partial charge in [0.2, 0.25) is 5.89 Å². The molecule has 0 unspecified atom stereocenters. The molecule has 7 nitrogen and oxygen atoms in total. The molecular weight excluding hydrogens is 274 g/mol. The predicted molar refractivity (Wildman–Crippen MR) is 74.6 cm³/mol. The second-order valence-corrected chi connectivity index (χ2v) is 4.68. The molecule has 0 aliphatic carbocycles. The normalized spacial score (nSPS) is 11.0. The predicted octanol–water partition coefficient (Wildman–Crippen LogP) is 2.02. The van der Waals surface area contributed by atoms with Crippen molar-refractivity contribution < 1.29 is 18.7 Å². The van der Waals surface area contributed by atoms with E-state index in [1.54, 1.807) is 11.0 Å². The topological polar surface area (TPSA) is 92.6 Å². The highest BCUT2D eigenvalue weighted by molar-refractivity contribution is 5.69. The lowest BCUT2D eigenvalue weighted by atomic mass is 10.2. The summed E-state index contributed by atoms with van der Waals surface area (Å²) in [4.78, 5) is 12.4. The van der Waals surface area contributed by atoms with Crippen molar-refractivity contribution in [3.8, 4) is 11.5 Å². The van der Waals surface area contributed by atoms with Gasteiger partial charge in [0.25, 0.3) is 5.89 Å². The highest BCUT2D eigenvalue weighted by atomic mass is 16.4. The molecule has 2 rings (SSSR count). The molecule has 2 aromatic rings.